The minimum absolute atomic E-state index is 0.00977. The van der Waals surface area contributed by atoms with Gasteiger partial charge in [0.1, 0.15) is 5.82 Å². The van der Waals surface area contributed by atoms with Crippen molar-refractivity contribution in [3.63, 3.8) is 0 Å². The molecule has 1 fully saturated rings. The third-order valence-electron chi connectivity index (χ3n) is 5.05. The van der Waals surface area contributed by atoms with Crippen molar-refractivity contribution in [3.05, 3.63) is 47.7 Å². The molecule has 162 valence electrons. The summed E-state index contributed by atoms with van der Waals surface area (Å²) in [6.07, 6.45) is -2.61. The quantitative estimate of drug-likeness (QED) is 0.738. The molecule has 2 heterocycles. The molecular formula is C21H24F3N3O3. The van der Waals surface area contributed by atoms with Crippen LogP contribution in [0.5, 0.6) is 11.5 Å². The van der Waals surface area contributed by atoms with Crippen molar-refractivity contribution < 1.29 is 27.4 Å². The first-order chi connectivity index (χ1) is 14.3. The Labute approximate surface area is 173 Å². The fourth-order valence-electron chi connectivity index (χ4n) is 3.41. The molecule has 9 heteroatoms. The average Bonchev–Trinajstić information content (AvgIpc) is 2.99. The molecule has 0 unspecified atom stereocenters. The predicted molar refractivity (Wildman–Crippen MR) is 106 cm³/mol. The number of aromatic nitrogens is 1. The molecule has 0 saturated carbocycles. The molecule has 0 N–H and O–H groups in total. The second-order valence-electron chi connectivity index (χ2n) is 6.99. The number of benzene rings is 1. The highest BCUT2D eigenvalue weighted by atomic mass is 19.4. The van der Waals surface area contributed by atoms with Gasteiger partial charge < -0.3 is 19.3 Å². The van der Waals surface area contributed by atoms with Gasteiger partial charge in [-0.1, -0.05) is 6.07 Å². The average molecular weight is 423 g/mol. The Kier molecular flexibility index (Phi) is 6.69. The number of anilines is 1. The number of rotatable bonds is 5. The molecule has 0 radical (unpaired) electrons. The number of alkyl halides is 3. The standard InChI is InChI=1S/C21H24F3N3O3/c1-29-17-6-4-15(12-18(17)30-2)13-20(28)27-9-3-8-26(10-11-27)19-7-5-16(14-25-19)21(22,23)24/h4-7,12,14H,3,8-11,13H2,1-2H3. The highest BCUT2D eigenvalue weighted by Crippen LogP contribution is 2.30. The van der Waals surface area contributed by atoms with Gasteiger partial charge in [0.05, 0.1) is 26.2 Å². The van der Waals surface area contributed by atoms with E-state index >= 15 is 0 Å². The minimum atomic E-state index is -4.41. The molecule has 30 heavy (non-hydrogen) atoms. The van der Waals surface area contributed by atoms with E-state index in [4.69, 9.17) is 9.47 Å². The molecule has 0 aliphatic carbocycles. The molecule has 1 aliphatic rings. The van der Waals surface area contributed by atoms with Crippen LogP contribution in [0.25, 0.3) is 0 Å². The molecule has 0 bridgehead atoms. The van der Waals surface area contributed by atoms with E-state index in [1.54, 1.807) is 31.3 Å². The Hall–Kier alpha value is -2.97. The summed E-state index contributed by atoms with van der Waals surface area (Å²) in [5, 5.41) is 0. The van der Waals surface area contributed by atoms with Crippen LogP contribution in [0, 0.1) is 0 Å². The van der Waals surface area contributed by atoms with Gasteiger partial charge >= 0.3 is 6.18 Å². The summed E-state index contributed by atoms with van der Waals surface area (Å²) < 4.78 is 48.7. The predicted octanol–water partition coefficient (Wildman–Crippen LogP) is 3.40. The third kappa shape index (κ3) is 5.14. The van der Waals surface area contributed by atoms with Crippen LogP contribution in [0.3, 0.4) is 0 Å². The van der Waals surface area contributed by atoms with Crippen molar-refractivity contribution >= 4 is 11.7 Å². The highest BCUT2D eigenvalue weighted by Gasteiger charge is 2.31. The summed E-state index contributed by atoms with van der Waals surface area (Å²) in [6, 6.07) is 7.79. The SMILES string of the molecule is COc1ccc(CC(=O)N2CCCN(c3ccc(C(F)(F)F)cn3)CC2)cc1OC. The van der Waals surface area contributed by atoms with Gasteiger partial charge in [-0.3, -0.25) is 4.79 Å². The zero-order valence-electron chi connectivity index (χ0n) is 16.9. The van der Waals surface area contributed by atoms with E-state index in [1.807, 2.05) is 11.0 Å². The molecule has 1 saturated heterocycles. The van der Waals surface area contributed by atoms with Gasteiger partial charge in [-0.05, 0) is 36.2 Å². The zero-order valence-corrected chi connectivity index (χ0v) is 16.9. The lowest BCUT2D eigenvalue weighted by molar-refractivity contribution is -0.137. The van der Waals surface area contributed by atoms with Crippen LogP contribution in [0.4, 0.5) is 19.0 Å². The normalized spacial score (nSPS) is 15.0. The highest BCUT2D eigenvalue weighted by molar-refractivity contribution is 5.79. The van der Waals surface area contributed by atoms with E-state index in [-0.39, 0.29) is 12.3 Å². The van der Waals surface area contributed by atoms with Crippen LogP contribution in [0.1, 0.15) is 17.5 Å². The lowest BCUT2D eigenvalue weighted by atomic mass is 10.1. The van der Waals surface area contributed by atoms with E-state index in [9.17, 15) is 18.0 Å². The number of hydrogen-bond acceptors (Lipinski definition) is 5. The van der Waals surface area contributed by atoms with Crippen LogP contribution in [0.2, 0.25) is 0 Å². The van der Waals surface area contributed by atoms with Gasteiger partial charge in [-0.2, -0.15) is 13.2 Å². The number of methoxy groups -OCH3 is 2. The van der Waals surface area contributed by atoms with Gasteiger partial charge in [-0.25, -0.2) is 4.98 Å². The fraction of sp³-hybridized carbons (Fsp3) is 0.429. The van der Waals surface area contributed by atoms with Crippen molar-refractivity contribution in [1.82, 2.24) is 9.88 Å². The largest absolute Gasteiger partial charge is 0.493 e. The van der Waals surface area contributed by atoms with Crippen LogP contribution in [-0.4, -0.2) is 56.2 Å². The Morgan fingerprint density at radius 2 is 1.80 bits per heavy atom. The molecule has 2 aromatic rings. The molecule has 1 aromatic heterocycles. The van der Waals surface area contributed by atoms with Crippen molar-refractivity contribution in [2.24, 2.45) is 0 Å². The first-order valence-electron chi connectivity index (χ1n) is 9.58. The number of nitrogens with zero attached hydrogens (tertiary/aromatic N) is 3. The first kappa shape index (κ1) is 21.7. The molecule has 1 aromatic carbocycles. The van der Waals surface area contributed by atoms with E-state index in [1.165, 1.54) is 6.07 Å². The summed E-state index contributed by atoms with van der Waals surface area (Å²) in [4.78, 5) is 20.4. The van der Waals surface area contributed by atoms with E-state index in [0.29, 0.717) is 49.9 Å². The lowest BCUT2D eigenvalue weighted by Crippen LogP contribution is -2.36. The zero-order chi connectivity index (χ0) is 21.7. The number of halogens is 3. The number of carbonyl (C=O) groups is 1. The van der Waals surface area contributed by atoms with Crippen molar-refractivity contribution in [2.45, 2.75) is 19.0 Å². The Morgan fingerprint density at radius 1 is 1.03 bits per heavy atom. The Balaban J connectivity index is 1.61. The van der Waals surface area contributed by atoms with Crippen molar-refractivity contribution in [3.8, 4) is 11.5 Å². The van der Waals surface area contributed by atoms with Gasteiger partial charge in [0.15, 0.2) is 11.5 Å². The summed E-state index contributed by atoms with van der Waals surface area (Å²) in [5.74, 6) is 1.64. The summed E-state index contributed by atoms with van der Waals surface area (Å²) >= 11 is 0. The van der Waals surface area contributed by atoms with Gasteiger partial charge in [0.25, 0.3) is 0 Å². The van der Waals surface area contributed by atoms with E-state index in [0.717, 1.165) is 17.8 Å². The van der Waals surface area contributed by atoms with Gasteiger partial charge in [0, 0.05) is 32.4 Å². The summed E-state index contributed by atoms with van der Waals surface area (Å²) in [6.45, 7) is 2.20. The number of pyridine rings is 1. The second-order valence-corrected chi connectivity index (χ2v) is 6.99. The molecule has 0 spiro atoms. The van der Waals surface area contributed by atoms with Crippen LogP contribution in [0.15, 0.2) is 36.5 Å². The lowest BCUT2D eigenvalue weighted by Gasteiger charge is -2.23. The number of carbonyl (C=O) groups excluding carboxylic acids is 1. The molecule has 6 nitrogen and oxygen atoms in total. The maximum Gasteiger partial charge on any atom is 0.417 e. The molecule has 1 amide bonds. The van der Waals surface area contributed by atoms with Crippen LogP contribution < -0.4 is 14.4 Å². The third-order valence-corrected chi connectivity index (χ3v) is 5.05. The van der Waals surface area contributed by atoms with Crippen LogP contribution in [-0.2, 0) is 17.4 Å². The minimum Gasteiger partial charge on any atom is -0.493 e. The second kappa shape index (κ2) is 9.23. The topological polar surface area (TPSA) is 54.9 Å². The molecule has 0 atom stereocenters. The monoisotopic (exact) mass is 423 g/mol. The number of hydrogen-bond donors (Lipinski definition) is 0. The Morgan fingerprint density at radius 3 is 2.43 bits per heavy atom. The summed E-state index contributed by atoms with van der Waals surface area (Å²) in [5.41, 5.74) is 0.0518. The fourth-order valence-corrected chi connectivity index (χ4v) is 3.41. The maximum atomic E-state index is 12.8. The Bertz CT molecular complexity index is 872. The van der Waals surface area contributed by atoms with Crippen molar-refractivity contribution in [2.75, 3.05) is 45.3 Å². The molecular weight excluding hydrogens is 399 g/mol. The maximum absolute atomic E-state index is 12.8. The number of amides is 1. The van der Waals surface area contributed by atoms with Crippen molar-refractivity contribution in [1.29, 1.82) is 0 Å². The first-order valence-corrected chi connectivity index (χ1v) is 9.58. The van der Waals surface area contributed by atoms with Gasteiger partial charge in [0.2, 0.25) is 5.91 Å². The van der Waals surface area contributed by atoms with Gasteiger partial charge in [-0.15, -0.1) is 0 Å². The van der Waals surface area contributed by atoms with E-state index < -0.39 is 11.7 Å². The summed E-state index contributed by atoms with van der Waals surface area (Å²) in [7, 11) is 3.10. The molecule has 3 rings (SSSR count). The molecule has 1 aliphatic heterocycles. The van der Waals surface area contributed by atoms with E-state index in [2.05, 4.69) is 4.98 Å². The number of ether oxygens (including phenoxy) is 2. The smallest absolute Gasteiger partial charge is 0.417 e. The van der Waals surface area contributed by atoms with Crippen LogP contribution >= 0.6 is 0 Å².